The number of thiophene rings is 1. The van der Waals surface area contributed by atoms with Gasteiger partial charge in [-0.15, -0.1) is 11.3 Å². The van der Waals surface area contributed by atoms with Gasteiger partial charge in [-0.2, -0.15) is 0 Å². The molecule has 3 N–H and O–H groups in total. The Hall–Kier alpha value is -3.79. The zero-order valence-electron chi connectivity index (χ0n) is 21.0. The van der Waals surface area contributed by atoms with Crippen LogP contribution < -0.4 is 16.0 Å². The zero-order valence-corrected chi connectivity index (χ0v) is 21.8. The average molecular weight is 513 g/mol. The Morgan fingerprint density at radius 2 is 1.92 bits per heavy atom. The first-order chi connectivity index (χ1) is 17.9. The van der Waals surface area contributed by atoms with Crippen molar-refractivity contribution >= 4 is 51.1 Å². The van der Waals surface area contributed by atoms with E-state index in [1.807, 2.05) is 75.1 Å². The van der Waals surface area contributed by atoms with Crippen LogP contribution in [0.15, 0.2) is 60.1 Å². The number of carbonyl (C=O) groups is 2. The van der Waals surface area contributed by atoms with Crippen molar-refractivity contribution in [2.75, 3.05) is 43.1 Å². The lowest BCUT2D eigenvalue weighted by Gasteiger charge is -2.35. The molecule has 1 spiro atoms. The number of fused-ring (bicyclic) bond motifs is 3. The third-order valence-corrected chi connectivity index (χ3v) is 8.57. The number of amides is 2. The summed E-state index contributed by atoms with van der Waals surface area (Å²) in [6.45, 7) is 4.16. The van der Waals surface area contributed by atoms with Crippen molar-refractivity contribution in [3.8, 4) is 0 Å². The molecule has 1 fully saturated rings. The Morgan fingerprint density at radius 3 is 2.73 bits per heavy atom. The molecular formula is C28H28N6O2S. The summed E-state index contributed by atoms with van der Waals surface area (Å²) in [5, 5.41) is 12.6. The number of carbonyl (C=O) groups excluding carboxylic acids is 2. The molecule has 0 bridgehead atoms. The van der Waals surface area contributed by atoms with E-state index in [1.165, 1.54) is 11.3 Å². The van der Waals surface area contributed by atoms with E-state index in [9.17, 15) is 9.59 Å². The molecule has 2 aromatic heterocycles. The highest BCUT2D eigenvalue weighted by molar-refractivity contribution is 7.13. The summed E-state index contributed by atoms with van der Waals surface area (Å²) in [7, 11) is 3.92. The Labute approximate surface area is 219 Å². The third-order valence-electron chi connectivity index (χ3n) is 7.47. The van der Waals surface area contributed by atoms with E-state index in [2.05, 4.69) is 36.8 Å². The summed E-state index contributed by atoms with van der Waals surface area (Å²) in [6.07, 6.45) is 1.81. The van der Waals surface area contributed by atoms with Crippen molar-refractivity contribution in [2.24, 2.45) is 0 Å². The highest BCUT2D eigenvalue weighted by Gasteiger charge is 2.56. The fourth-order valence-electron chi connectivity index (χ4n) is 5.54. The van der Waals surface area contributed by atoms with E-state index in [1.54, 1.807) is 0 Å². The van der Waals surface area contributed by atoms with E-state index in [-0.39, 0.29) is 11.8 Å². The summed E-state index contributed by atoms with van der Waals surface area (Å²) in [5.74, 6) is -0.239. The number of pyridine rings is 1. The fourth-order valence-corrected chi connectivity index (χ4v) is 6.46. The second-order valence-electron chi connectivity index (χ2n) is 9.65. The van der Waals surface area contributed by atoms with Gasteiger partial charge in [-0.3, -0.25) is 24.4 Å². The van der Waals surface area contributed by atoms with Crippen LogP contribution in [-0.2, 0) is 17.0 Å². The summed E-state index contributed by atoms with van der Waals surface area (Å²) in [4.78, 5) is 35.7. The molecule has 2 aliphatic heterocycles. The topological polar surface area (TPSA) is 89.6 Å². The van der Waals surface area contributed by atoms with Gasteiger partial charge in [0.1, 0.15) is 4.88 Å². The molecule has 9 heteroatoms. The number of anilines is 3. The summed E-state index contributed by atoms with van der Waals surface area (Å²) >= 11 is 1.42. The molecule has 1 saturated heterocycles. The first-order valence-corrected chi connectivity index (χ1v) is 13.1. The summed E-state index contributed by atoms with van der Waals surface area (Å²) in [5.41, 5.74) is 5.36. The van der Waals surface area contributed by atoms with Gasteiger partial charge in [0.15, 0.2) is 5.66 Å². The third kappa shape index (κ3) is 3.69. The van der Waals surface area contributed by atoms with Crippen LogP contribution in [0.2, 0.25) is 0 Å². The molecule has 0 atom stereocenters. The maximum atomic E-state index is 13.4. The smallest absolute Gasteiger partial charge is 0.267 e. The van der Waals surface area contributed by atoms with Gasteiger partial charge in [0.2, 0.25) is 0 Å². The SMILES string of the molecule is Cc1csc(C(=O)Nc2ccc3c(c2)C2(C(=O)N3)N(C)CCN2C)c1NCc1ccnc2ccccc12. The molecule has 0 saturated carbocycles. The number of likely N-dealkylation sites (N-methyl/N-ethyl adjacent to an activating group) is 2. The molecule has 37 heavy (non-hydrogen) atoms. The number of aryl methyl sites for hydroxylation is 1. The van der Waals surface area contributed by atoms with Crippen LogP contribution in [0.5, 0.6) is 0 Å². The molecule has 2 amide bonds. The van der Waals surface area contributed by atoms with Crippen molar-refractivity contribution in [3.05, 3.63) is 81.7 Å². The van der Waals surface area contributed by atoms with E-state index in [4.69, 9.17) is 0 Å². The molecule has 4 aromatic rings. The van der Waals surface area contributed by atoms with E-state index in [0.29, 0.717) is 17.1 Å². The minimum atomic E-state index is -0.852. The average Bonchev–Trinajstić information content (AvgIpc) is 3.52. The van der Waals surface area contributed by atoms with Crippen LogP contribution in [0.25, 0.3) is 10.9 Å². The van der Waals surface area contributed by atoms with Gasteiger partial charge in [-0.05, 0) is 67.9 Å². The van der Waals surface area contributed by atoms with E-state index >= 15 is 0 Å². The lowest BCUT2D eigenvalue weighted by molar-refractivity contribution is -0.132. The number of hydrogen-bond donors (Lipinski definition) is 3. The van der Waals surface area contributed by atoms with Crippen LogP contribution in [-0.4, -0.2) is 53.8 Å². The summed E-state index contributed by atoms with van der Waals surface area (Å²) in [6, 6.07) is 15.7. The Balaban J connectivity index is 1.25. The molecule has 2 aromatic carbocycles. The summed E-state index contributed by atoms with van der Waals surface area (Å²) < 4.78 is 0. The molecule has 188 valence electrons. The second kappa shape index (κ2) is 8.95. The molecule has 0 aliphatic carbocycles. The van der Waals surface area contributed by atoms with Gasteiger partial charge < -0.3 is 16.0 Å². The van der Waals surface area contributed by atoms with E-state index in [0.717, 1.165) is 52.1 Å². The highest BCUT2D eigenvalue weighted by Crippen LogP contribution is 2.45. The largest absolute Gasteiger partial charge is 0.379 e. The lowest BCUT2D eigenvalue weighted by Crippen LogP contribution is -2.52. The fraction of sp³-hybridized carbons (Fsp3) is 0.250. The Kier molecular flexibility index (Phi) is 5.71. The number of para-hydroxylation sites is 1. The zero-order chi connectivity index (χ0) is 25.7. The van der Waals surface area contributed by atoms with Gasteiger partial charge in [0.05, 0.1) is 11.2 Å². The predicted molar refractivity (Wildman–Crippen MR) is 148 cm³/mol. The molecule has 2 aliphatic rings. The molecule has 0 unspecified atom stereocenters. The number of benzene rings is 2. The van der Waals surface area contributed by atoms with Gasteiger partial charge in [-0.25, -0.2) is 0 Å². The van der Waals surface area contributed by atoms with Crippen molar-refractivity contribution in [1.29, 1.82) is 0 Å². The first-order valence-electron chi connectivity index (χ1n) is 12.2. The molecule has 8 nitrogen and oxygen atoms in total. The van der Waals surface area contributed by atoms with Crippen LogP contribution in [0.3, 0.4) is 0 Å². The molecule has 4 heterocycles. The van der Waals surface area contributed by atoms with Crippen molar-refractivity contribution < 1.29 is 9.59 Å². The van der Waals surface area contributed by atoms with Gasteiger partial charge in [0, 0.05) is 48.2 Å². The van der Waals surface area contributed by atoms with Crippen LogP contribution in [0.4, 0.5) is 17.1 Å². The minimum absolute atomic E-state index is 0.0579. The minimum Gasteiger partial charge on any atom is -0.379 e. The Bertz CT molecular complexity index is 1530. The first kappa shape index (κ1) is 23.6. The normalized spacial score (nSPS) is 16.8. The van der Waals surface area contributed by atoms with Crippen LogP contribution in [0.1, 0.15) is 26.4 Å². The lowest BCUT2D eigenvalue weighted by atomic mass is 9.98. The van der Waals surface area contributed by atoms with Gasteiger partial charge >= 0.3 is 0 Å². The highest BCUT2D eigenvalue weighted by atomic mass is 32.1. The molecule has 6 rings (SSSR count). The second-order valence-corrected chi connectivity index (χ2v) is 10.5. The number of hydrogen-bond acceptors (Lipinski definition) is 7. The molecule has 0 radical (unpaired) electrons. The van der Waals surface area contributed by atoms with Crippen molar-refractivity contribution in [3.63, 3.8) is 0 Å². The monoisotopic (exact) mass is 512 g/mol. The Morgan fingerprint density at radius 1 is 1.14 bits per heavy atom. The van der Waals surface area contributed by atoms with Crippen molar-refractivity contribution in [2.45, 2.75) is 19.1 Å². The quantitative estimate of drug-likeness (QED) is 0.366. The number of nitrogens with zero attached hydrogens (tertiary/aromatic N) is 3. The number of nitrogens with one attached hydrogen (secondary N) is 3. The maximum absolute atomic E-state index is 13.4. The number of aromatic nitrogens is 1. The van der Waals surface area contributed by atoms with Gasteiger partial charge in [-0.1, -0.05) is 18.2 Å². The van der Waals surface area contributed by atoms with Crippen LogP contribution in [0, 0.1) is 6.92 Å². The predicted octanol–water partition coefficient (Wildman–Crippen LogP) is 4.45. The van der Waals surface area contributed by atoms with Crippen molar-refractivity contribution in [1.82, 2.24) is 14.8 Å². The standard InChI is InChI=1S/C28H28N6O2S/c1-17-16-37-25(24(17)30-15-18-10-11-29-22-7-5-4-6-20(18)22)26(35)31-19-8-9-23-21(14-19)28(27(36)32-23)33(2)12-13-34(28)3/h4-11,14,16,30H,12-13,15H2,1-3H3,(H,31,35)(H,32,36). The molecular weight excluding hydrogens is 484 g/mol. The van der Waals surface area contributed by atoms with E-state index < -0.39 is 5.66 Å². The number of rotatable bonds is 5. The van der Waals surface area contributed by atoms with Crippen LogP contribution >= 0.6 is 11.3 Å². The maximum Gasteiger partial charge on any atom is 0.267 e. The van der Waals surface area contributed by atoms with Gasteiger partial charge in [0.25, 0.3) is 11.8 Å².